The number of hydrogen-bond acceptors (Lipinski definition) is 3. The molecule has 0 unspecified atom stereocenters. The molecule has 1 amide bonds. The maximum atomic E-state index is 10.6. The van der Waals surface area contributed by atoms with Gasteiger partial charge in [-0.2, -0.15) is 0 Å². The molecular weight excluding hydrogens is 196 g/mol. The zero-order valence-electron chi connectivity index (χ0n) is 6.32. The third-order valence-electron chi connectivity index (χ3n) is 1.16. The molecule has 0 spiro atoms. The van der Waals surface area contributed by atoms with E-state index in [1.54, 1.807) is 0 Å². The van der Waals surface area contributed by atoms with Crippen LogP contribution in [0.2, 0.25) is 5.02 Å². The highest BCUT2D eigenvalue weighted by Gasteiger charge is 2.10. The minimum absolute atomic E-state index is 0.150. The van der Waals surface area contributed by atoms with Crippen LogP contribution in [-0.4, -0.2) is 22.0 Å². The number of carboxylic acid groups (broad SMARTS) is 1. The number of rotatable bonds is 1. The minimum atomic E-state index is -1.56. The Morgan fingerprint density at radius 3 is 2.62 bits per heavy atom. The Morgan fingerprint density at radius 2 is 2.15 bits per heavy atom. The van der Waals surface area contributed by atoms with Crippen molar-refractivity contribution in [2.24, 2.45) is 0 Å². The summed E-state index contributed by atoms with van der Waals surface area (Å²) in [4.78, 5) is 24.4. The molecule has 6 heteroatoms. The molecule has 0 aliphatic carbocycles. The van der Waals surface area contributed by atoms with E-state index in [-0.39, 0.29) is 5.82 Å². The first-order chi connectivity index (χ1) is 6.09. The van der Waals surface area contributed by atoms with Crippen LogP contribution in [0.15, 0.2) is 18.3 Å². The number of anilines is 1. The number of carbonyl (C=O) groups excluding carboxylic acids is 1. The summed E-state index contributed by atoms with van der Waals surface area (Å²) in [6, 6.07) is 2.90. The first-order valence-corrected chi connectivity index (χ1v) is 3.63. The van der Waals surface area contributed by atoms with Crippen molar-refractivity contribution in [1.82, 2.24) is 4.98 Å². The first-order valence-electron chi connectivity index (χ1n) is 3.25. The summed E-state index contributed by atoms with van der Waals surface area (Å²) in [5, 5.41) is 10.7. The number of halogens is 1. The summed E-state index contributed by atoms with van der Waals surface area (Å²) in [5.74, 6) is -2.54. The van der Waals surface area contributed by atoms with E-state index in [4.69, 9.17) is 16.7 Å². The van der Waals surface area contributed by atoms with Crippen molar-refractivity contribution in [3.63, 3.8) is 0 Å². The fourth-order valence-corrected chi connectivity index (χ4v) is 0.731. The topological polar surface area (TPSA) is 79.3 Å². The standard InChI is InChI=1S/C7H5ClN2O3/c8-4-1-2-5(9-3-4)10-6(11)7(12)13/h1-3H,(H,12,13)(H,9,10,11). The average molecular weight is 201 g/mol. The van der Waals surface area contributed by atoms with Gasteiger partial charge in [-0.1, -0.05) is 11.6 Å². The summed E-state index contributed by atoms with van der Waals surface area (Å²) in [7, 11) is 0. The molecule has 13 heavy (non-hydrogen) atoms. The van der Waals surface area contributed by atoms with Crippen molar-refractivity contribution in [3.8, 4) is 0 Å². The highest BCUT2D eigenvalue weighted by molar-refractivity contribution is 6.36. The van der Waals surface area contributed by atoms with E-state index in [1.165, 1.54) is 18.3 Å². The van der Waals surface area contributed by atoms with Crippen LogP contribution in [0.1, 0.15) is 0 Å². The van der Waals surface area contributed by atoms with Gasteiger partial charge in [0.1, 0.15) is 5.82 Å². The van der Waals surface area contributed by atoms with Gasteiger partial charge in [-0.15, -0.1) is 0 Å². The van der Waals surface area contributed by atoms with Gasteiger partial charge >= 0.3 is 11.9 Å². The lowest BCUT2D eigenvalue weighted by molar-refractivity contribution is -0.147. The Balaban J connectivity index is 2.70. The van der Waals surface area contributed by atoms with Gasteiger partial charge in [0.25, 0.3) is 0 Å². The van der Waals surface area contributed by atoms with Gasteiger partial charge in [-0.05, 0) is 12.1 Å². The van der Waals surface area contributed by atoms with Crippen LogP contribution in [0.25, 0.3) is 0 Å². The molecule has 0 aliphatic heterocycles. The number of carbonyl (C=O) groups is 2. The third-order valence-corrected chi connectivity index (χ3v) is 1.39. The number of aromatic nitrogens is 1. The van der Waals surface area contributed by atoms with Gasteiger partial charge in [0.05, 0.1) is 5.02 Å². The highest BCUT2D eigenvalue weighted by atomic mass is 35.5. The van der Waals surface area contributed by atoms with E-state index < -0.39 is 11.9 Å². The van der Waals surface area contributed by atoms with Crippen LogP contribution in [0.4, 0.5) is 5.82 Å². The van der Waals surface area contributed by atoms with Crippen LogP contribution in [0.3, 0.4) is 0 Å². The van der Waals surface area contributed by atoms with Gasteiger partial charge in [0.2, 0.25) is 0 Å². The fraction of sp³-hybridized carbons (Fsp3) is 0. The second-order valence-electron chi connectivity index (χ2n) is 2.12. The molecule has 1 heterocycles. The summed E-state index contributed by atoms with van der Waals surface area (Å²) in [6.07, 6.45) is 1.30. The van der Waals surface area contributed by atoms with Crippen molar-refractivity contribution in [3.05, 3.63) is 23.4 Å². The summed E-state index contributed by atoms with van der Waals surface area (Å²) >= 11 is 5.52. The molecule has 1 rings (SSSR count). The van der Waals surface area contributed by atoms with E-state index in [1.807, 2.05) is 0 Å². The molecule has 1 aromatic heterocycles. The largest absolute Gasteiger partial charge is 0.474 e. The molecule has 0 aromatic carbocycles. The summed E-state index contributed by atoms with van der Waals surface area (Å²) < 4.78 is 0. The molecule has 0 saturated heterocycles. The molecule has 5 nitrogen and oxygen atoms in total. The molecule has 0 atom stereocenters. The van der Waals surface area contributed by atoms with Crippen molar-refractivity contribution in [2.75, 3.05) is 5.32 Å². The zero-order chi connectivity index (χ0) is 9.84. The molecule has 2 N–H and O–H groups in total. The first kappa shape index (κ1) is 9.47. The number of pyridine rings is 1. The lowest BCUT2D eigenvalue weighted by Gasteiger charge is -1.99. The minimum Gasteiger partial charge on any atom is -0.474 e. The lowest BCUT2D eigenvalue weighted by atomic mass is 10.4. The van der Waals surface area contributed by atoms with Gasteiger partial charge < -0.3 is 10.4 Å². The quantitative estimate of drug-likeness (QED) is 0.656. The zero-order valence-corrected chi connectivity index (χ0v) is 7.08. The van der Waals surface area contributed by atoms with Crippen LogP contribution in [-0.2, 0) is 9.59 Å². The van der Waals surface area contributed by atoms with Crippen molar-refractivity contribution < 1.29 is 14.7 Å². The van der Waals surface area contributed by atoms with Crippen molar-refractivity contribution in [1.29, 1.82) is 0 Å². The highest BCUT2D eigenvalue weighted by Crippen LogP contribution is 2.08. The van der Waals surface area contributed by atoms with Crippen LogP contribution >= 0.6 is 11.6 Å². The van der Waals surface area contributed by atoms with E-state index in [0.29, 0.717) is 5.02 Å². The number of nitrogens with zero attached hydrogens (tertiary/aromatic N) is 1. The number of hydrogen-bond donors (Lipinski definition) is 2. The summed E-state index contributed by atoms with van der Waals surface area (Å²) in [5.41, 5.74) is 0. The van der Waals surface area contributed by atoms with Crippen LogP contribution in [0, 0.1) is 0 Å². The van der Waals surface area contributed by atoms with E-state index >= 15 is 0 Å². The molecule has 0 bridgehead atoms. The maximum absolute atomic E-state index is 10.6. The van der Waals surface area contributed by atoms with Gasteiger partial charge in [-0.3, -0.25) is 4.79 Å². The van der Waals surface area contributed by atoms with E-state index in [9.17, 15) is 9.59 Å². The molecule has 1 aromatic rings. The molecule has 68 valence electrons. The number of amides is 1. The Labute approximate surface area is 78.4 Å². The predicted molar refractivity (Wildman–Crippen MR) is 45.5 cm³/mol. The Kier molecular flexibility index (Phi) is 2.81. The average Bonchev–Trinajstić information content (AvgIpc) is 2.08. The Bertz CT molecular complexity index is 336. The molecular formula is C7H5ClN2O3. The molecule has 0 aliphatic rings. The van der Waals surface area contributed by atoms with Crippen LogP contribution in [0.5, 0.6) is 0 Å². The monoisotopic (exact) mass is 200 g/mol. The van der Waals surface area contributed by atoms with Gasteiger partial charge in [-0.25, -0.2) is 9.78 Å². The molecule has 0 fully saturated rings. The third kappa shape index (κ3) is 2.72. The second-order valence-corrected chi connectivity index (χ2v) is 2.56. The smallest absolute Gasteiger partial charge is 0.394 e. The van der Waals surface area contributed by atoms with Crippen LogP contribution < -0.4 is 5.32 Å². The fourth-order valence-electron chi connectivity index (χ4n) is 0.620. The predicted octanol–water partition coefficient (Wildman–Crippen LogP) is 0.758. The maximum Gasteiger partial charge on any atom is 0.394 e. The Hall–Kier alpha value is -1.62. The number of aliphatic carboxylic acids is 1. The number of carboxylic acids is 1. The second kappa shape index (κ2) is 3.86. The summed E-state index contributed by atoms with van der Waals surface area (Å²) in [6.45, 7) is 0. The molecule has 0 saturated carbocycles. The SMILES string of the molecule is O=C(O)C(=O)Nc1ccc(Cl)cn1. The van der Waals surface area contributed by atoms with Gasteiger partial charge in [0, 0.05) is 6.20 Å². The number of nitrogens with one attached hydrogen (secondary N) is 1. The van der Waals surface area contributed by atoms with Crippen molar-refractivity contribution in [2.45, 2.75) is 0 Å². The Morgan fingerprint density at radius 1 is 1.46 bits per heavy atom. The molecule has 0 radical (unpaired) electrons. The van der Waals surface area contributed by atoms with Crippen molar-refractivity contribution >= 4 is 29.3 Å². The lowest BCUT2D eigenvalue weighted by Crippen LogP contribution is -2.22. The van der Waals surface area contributed by atoms with E-state index in [0.717, 1.165) is 0 Å². The normalized spacial score (nSPS) is 9.31. The van der Waals surface area contributed by atoms with E-state index in [2.05, 4.69) is 10.3 Å². The van der Waals surface area contributed by atoms with Gasteiger partial charge in [0.15, 0.2) is 0 Å².